The summed E-state index contributed by atoms with van der Waals surface area (Å²) in [5.74, 6) is -1.03. The van der Waals surface area contributed by atoms with E-state index in [-0.39, 0.29) is 16.4 Å². The van der Waals surface area contributed by atoms with Crippen LogP contribution in [0.15, 0.2) is 116 Å². The highest BCUT2D eigenvalue weighted by Gasteiger charge is 2.37. The van der Waals surface area contributed by atoms with E-state index in [9.17, 15) is 9.90 Å². The van der Waals surface area contributed by atoms with Gasteiger partial charge in [-0.1, -0.05) is 113 Å². The number of aliphatic carboxylic acids is 1. The molecule has 1 N–H and O–H groups in total. The molecule has 5 aromatic carbocycles. The van der Waals surface area contributed by atoms with Crippen LogP contribution in [0.25, 0.3) is 27.8 Å². The minimum absolute atomic E-state index is 0.0656. The predicted molar refractivity (Wildman–Crippen MR) is 173 cm³/mol. The van der Waals surface area contributed by atoms with E-state index in [4.69, 9.17) is 0 Å². The van der Waals surface area contributed by atoms with Crippen LogP contribution in [0.4, 0.5) is 17.1 Å². The van der Waals surface area contributed by atoms with Crippen LogP contribution in [0, 0.1) is 0 Å². The van der Waals surface area contributed by atoms with Crippen LogP contribution >= 0.6 is 0 Å². The Morgan fingerprint density at radius 3 is 1.52 bits per heavy atom. The van der Waals surface area contributed by atoms with Gasteiger partial charge in [0.25, 0.3) is 0 Å². The zero-order valence-electron chi connectivity index (χ0n) is 24.4. The van der Waals surface area contributed by atoms with Crippen molar-refractivity contribution in [3.05, 3.63) is 144 Å². The molecule has 7 rings (SSSR count). The third-order valence-corrected chi connectivity index (χ3v) is 9.38. The summed E-state index contributed by atoms with van der Waals surface area (Å²) >= 11 is 0. The van der Waals surface area contributed by atoms with Gasteiger partial charge in [-0.15, -0.1) is 0 Å². The molecule has 0 radical (unpaired) electrons. The summed E-state index contributed by atoms with van der Waals surface area (Å²) in [6, 6.07) is 38.2. The Hall–Kier alpha value is -4.89. The molecule has 42 heavy (non-hydrogen) atoms. The van der Waals surface area contributed by atoms with Crippen molar-refractivity contribution in [1.29, 1.82) is 0 Å². The molecule has 206 valence electrons. The number of carboxylic acids is 1. The highest BCUT2D eigenvalue weighted by Crippen LogP contribution is 2.53. The maximum Gasteiger partial charge on any atom is 0.335 e. The lowest BCUT2D eigenvalue weighted by Gasteiger charge is -2.30. The molecule has 2 aliphatic rings. The fourth-order valence-corrected chi connectivity index (χ4v) is 7.16. The van der Waals surface area contributed by atoms with Crippen molar-refractivity contribution < 1.29 is 9.90 Å². The van der Waals surface area contributed by atoms with Crippen LogP contribution < -0.4 is 4.90 Å². The average molecular weight is 548 g/mol. The van der Waals surface area contributed by atoms with E-state index < -0.39 is 5.97 Å². The van der Waals surface area contributed by atoms with Crippen LogP contribution in [0.1, 0.15) is 55.5 Å². The van der Waals surface area contributed by atoms with Gasteiger partial charge in [0.2, 0.25) is 0 Å². The average Bonchev–Trinajstić information content (AvgIpc) is 3.37. The largest absolute Gasteiger partial charge is 0.478 e. The van der Waals surface area contributed by atoms with E-state index in [1.54, 1.807) is 0 Å². The number of para-hydroxylation sites is 1. The van der Waals surface area contributed by atoms with Crippen LogP contribution in [-0.2, 0) is 15.6 Å². The van der Waals surface area contributed by atoms with E-state index in [1.165, 1.54) is 44.5 Å². The fraction of sp³-hybridized carbons (Fsp3) is 0.154. The standard InChI is InChI=1S/C39H33NO2/c1-24(37(41)42)27-12-8-11-17-36(27)40(25-18-20-34-30(22-25)28-13-6-9-15-32(28)38(34,2)3)26-19-21-35-31(23-26)29-14-7-10-16-33(29)39(35,4)5/h6-23H,1H2,2-5H3,(H,41,42). The highest BCUT2D eigenvalue weighted by molar-refractivity contribution is 6.16. The number of benzene rings is 5. The Kier molecular flexibility index (Phi) is 5.61. The quantitative estimate of drug-likeness (QED) is 0.223. The lowest BCUT2D eigenvalue weighted by Crippen LogP contribution is -2.17. The first kappa shape index (κ1) is 26.0. The molecular formula is C39H33NO2. The Morgan fingerprint density at radius 1 is 0.595 bits per heavy atom. The lowest BCUT2D eigenvalue weighted by molar-refractivity contribution is -0.130. The first-order chi connectivity index (χ1) is 20.1. The van der Waals surface area contributed by atoms with Crippen molar-refractivity contribution in [3.63, 3.8) is 0 Å². The minimum Gasteiger partial charge on any atom is -0.478 e. The molecule has 2 aliphatic carbocycles. The van der Waals surface area contributed by atoms with Gasteiger partial charge in [0.15, 0.2) is 0 Å². The van der Waals surface area contributed by atoms with Crippen LogP contribution in [0.2, 0.25) is 0 Å². The highest BCUT2D eigenvalue weighted by atomic mass is 16.4. The van der Waals surface area contributed by atoms with Gasteiger partial charge >= 0.3 is 5.97 Å². The Labute approximate surface area is 247 Å². The molecule has 0 aromatic heterocycles. The number of carbonyl (C=O) groups is 1. The van der Waals surface area contributed by atoms with E-state index in [0.29, 0.717) is 5.56 Å². The summed E-state index contributed by atoms with van der Waals surface area (Å²) in [5.41, 5.74) is 13.3. The van der Waals surface area contributed by atoms with Crippen LogP contribution in [0.5, 0.6) is 0 Å². The SMILES string of the molecule is C=C(C(=O)O)c1ccccc1N(c1ccc2c(c1)-c1ccccc1C2(C)C)c1ccc2c(c1)-c1ccccc1C2(C)C. The fourth-order valence-electron chi connectivity index (χ4n) is 7.16. The molecule has 0 unspecified atom stereocenters. The Balaban J connectivity index is 1.48. The van der Waals surface area contributed by atoms with E-state index in [1.807, 2.05) is 24.3 Å². The Bertz CT molecular complexity index is 1840. The van der Waals surface area contributed by atoms with E-state index in [0.717, 1.165) is 17.1 Å². The molecule has 5 aromatic rings. The zero-order valence-corrected chi connectivity index (χ0v) is 24.4. The number of hydrogen-bond acceptors (Lipinski definition) is 2. The third-order valence-electron chi connectivity index (χ3n) is 9.38. The predicted octanol–water partition coefficient (Wildman–Crippen LogP) is 9.87. The molecule has 0 fully saturated rings. The summed E-state index contributed by atoms with van der Waals surface area (Å²) in [6.45, 7) is 13.1. The molecule has 0 spiro atoms. The number of hydrogen-bond donors (Lipinski definition) is 1. The molecule has 0 saturated heterocycles. The van der Waals surface area contributed by atoms with Crippen LogP contribution in [-0.4, -0.2) is 11.1 Å². The second-order valence-electron chi connectivity index (χ2n) is 12.4. The monoisotopic (exact) mass is 547 g/mol. The number of anilines is 3. The summed E-state index contributed by atoms with van der Waals surface area (Å²) in [4.78, 5) is 14.3. The summed E-state index contributed by atoms with van der Waals surface area (Å²) in [7, 11) is 0. The van der Waals surface area contributed by atoms with Gasteiger partial charge in [-0.05, 0) is 74.8 Å². The smallest absolute Gasteiger partial charge is 0.335 e. The molecule has 0 atom stereocenters. The first-order valence-electron chi connectivity index (χ1n) is 14.4. The number of nitrogens with zero attached hydrogens (tertiary/aromatic N) is 1. The lowest BCUT2D eigenvalue weighted by atomic mass is 9.82. The maximum absolute atomic E-state index is 12.2. The summed E-state index contributed by atoms with van der Waals surface area (Å²) < 4.78 is 0. The van der Waals surface area contributed by atoms with Gasteiger partial charge in [0.1, 0.15) is 0 Å². The summed E-state index contributed by atoms with van der Waals surface area (Å²) in [5, 5.41) is 9.95. The summed E-state index contributed by atoms with van der Waals surface area (Å²) in [6.07, 6.45) is 0. The topological polar surface area (TPSA) is 40.5 Å². The van der Waals surface area contributed by atoms with Crippen LogP contribution in [0.3, 0.4) is 0 Å². The van der Waals surface area contributed by atoms with Crippen molar-refractivity contribution >= 4 is 28.6 Å². The number of rotatable bonds is 5. The van der Waals surface area contributed by atoms with E-state index in [2.05, 4.69) is 124 Å². The van der Waals surface area contributed by atoms with Gasteiger partial charge in [-0.2, -0.15) is 0 Å². The van der Waals surface area contributed by atoms with Crippen molar-refractivity contribution in [2.24, 2.45) is 0 Å². The maximum atomic E-state index is 12.2. The van der Waals surface area contributed by atoms with Gasteiger partial charge < -0.3 is 10.0 Å². The molecule has 0 bridgehead atoms. The van der Waals surface area contributed by atoms with Crippen molar-refractivity contribution in [3.8, 4) is 22.3 Å². The minimum atomic E-state index is -1.03. The van der Waals surface area contributed by atoms with Gasteiger partial charge in [-0.3, -0.25) is 0 Å². The van der Waals surface area contributed by atoms with Crippen molar-refractivity contribution in [1.82, 2.24) is 0 Å². The number of fused-ring (bicyclic) bond motifs is 6. The van der Waals surface area contributed by atoms with Gasteiger partial charge in [0, 0.05) is 27.8 Å². The molecule has 0 saturated carbocycles. The molecule has 0 heterocycles. The molecule has 3 nitrogen and oxygen atoms in total. The first-order valence-corrected chi connectivity index (χ1v) is 14.4. The van der Waals surface area contributed by atoms with Gasteiger partial charge in [0.05, 0.1) is 11.3 Å². The van der Waals surface area contributed by atoms with Crippen molar-refractivity contribution in [2.45, 2.75) is 38.5 Å². The second kappa shape index (κ2) is 9.06. The normalized spacial score (nSPS) is 14.9. The zero-order chi connectivity index (χ0) is 29.4. The van der Waals surface area contributed by atoms with E-state index >= 15 is 0 Å². The molecule has 0 aliphatic heterocycles. The Morgan fingerprint density at radius 2 is 1.02 bits per heavy atom. The number of carboxylic acid groups (broad SMARTS) is 1. The molecule has 0 amide bonds. The molecule has 3 heteroatoms. The second-order valence-corrected chi connectivity index (χ2v) is 12.4. The molecular weight excluding hydrogens is 514 g/mol. The third kappa shape index (κ3) is 3.63. The van der Waals surface area contributed by atoms with Crippen molar-refractivity contribution in [2.75, 3.05) is 4.90 Å². The van der Waals surface area contributed by atoms with Gasteiger partial charge in [-0.25, -0.2) is 4.79 Å².